The summed E-state index contributed by atoms with van der Waals surface area (Å²) in [5, 5.41) is 0. The second-order valence-electron chi connectivity index (χ2n) is 5.38. The molecule has 0 atom stereocenters. The quantitative estimate of drug-likeness (QED) is 0.652. The predicted molar refractivity (Wildman–Crippen MR) is 90.2 cm³/mol. The van der Waals surface area contributed by atoms with Crippen LogP contribution in [0.4, 0.5) is 0 Å². The van der Waals surface area contributed by atoms with E-state index in [1.165, 1.54) is 12.2 Å². The smallest absolute Gasteiger partial charge is 0.276 e. The lowest BCUT2D eigenvalue weighted by Crippen LogP contribution is -2.43. The average Bonchev–Trinajstić information content (AvgIpc) is 2.97. The van der Waals surface area contributed by atoms with Gasteiger partial charge in [-0.05, 0) is 56.2 Å². The molecule has 0 aliphatic heterocycles. The molecule has 1 aromatic heterocycles. The zero-order valence-electron chi connectivity index (χ0n) is 13.9. The second kappa shape index (κ2) is 8.01. The summed E-state index contributed by atoms with van der Waals surface area (Å²) in [6.07, 6.45) is 2.78. The largest absolute Gasteiger partial charge is 0.483 e. The maximum Gasteiger partial charge on any atom is 0.276 e. The Balaban J connectivity index is 1.75. The van der Waals surface area contributed by atoms with Gasteiger partial charge in [-0.2, -0.15) is 0 Å². The van der Waals surface area contributed by atoms with Crippen LogP contribution in [0.15, 0.2) is 40.8 Å². The number of furan rings is 1. The van der Waals surface area contributed by atoms with Crippen molar-refractivity contribution in [3.63, 3.8) is 0 Å². The summed E-state index contributed by atoms with van der Waals surface area (Å²) in [7, 11) is 0. The number of hydrazine groups is 1. The summed E-state index contributed by atoms with van der Waals surface area (Å²) in [5.41, 5.74) is 6.54. The van der Waals surface area contributed by atoms with E-state index in [-0.39, 0.29) is 6.61 Å². The first kappa shape index (κ1) is 17.3. The molecule has 6 heteroatoms. The fourth-order valence-corrected chi connectivity index (χ4v) is 1.92. The lowest BCUT2D eigenvalue weighted by atomic mass is 10.1. The van der Waals surface area contributed by atoms with E-state index < -0.39 is 11.8 Å². The van der Waals surface area contributed by atoms with Gasteiger partial charge >= 0.3 is 0 Å². The van der Waals surface area contributed by atoms with E-state index in [1.807, 2.05) is 39.0 Å². The van der Waals surface area contributed by atoms with E-state index in [9.17, 15) is 9.59 Å². The standard InChI is InChI=1S/C18H20N2O4/c1-12-4-5-13(2)16(10-12)23-11-18(22)20-19-17(21)9-8-15-7-6-14(3)24-15/h4-10H,11H2,1-3H3,(H,19,21)(H,20,22)/b9-8+. The Bertz CT molecular complexity index is 762. The minimum atomic E-state index is -0.468. The Labute approximate surface area is 140 Å². The maximum absolute atomic E-state index is 11.7. The zero-order valence-corrected chi connectivity index (χ0v) is 13.9. The molecule has 0 spiro atoms. The minimum Gasteiger partial charge on any atom is -0.483 e. The van der Waals surface area contributed by atoms with Crippen molar-refractivity contribution in [2.75, 3.05) is 6.61 Å². The van der Waals surface area contributed by atoms with E-state index >= 15 is 0 Å². The SMILES string of the molecule is Cc1ccc(C)c(OCC(=O)NNC(=O)/C=C/c2ccc(C)o2)c1. The summed E-state index contributed by atoms with van der Waals surface area (Å²) >= 11 is 0. The molecule has 0 saturated heterocycles. The molecule has 1 heterocycles. The van der Waals surface area contributed by atoms with Crippen molar-refractivity contribution in [2.24, 2.45) is 0 Å². The Kier molecular flexibility index (Phi) is 5.78. The number of nitrogens with one attached hydrogen (secondary N) is 2. The lowest BCUT2D eigenvalue weighted by molar-refractivity contribution is -0.128. The van der Waals surface area contributed by atoms with Crippen LogP contribution in [0.1, 0.15) is 22.6 Å². The van der Waals surface area contributed by atoms with Crippen LogP contribution in [0.5, 0.6) is 5.75 Å². The number of rotatable bonds is 5. The normalized spacial score (nSPS) is 10.6. The van der Waals surface area contributed by atoms with Gasteiger partial charge in [0.15, 0.2) is 6.61 Å². The third-order valence-corrected chi connectivity index (χ3v) is 3.19. The maximum atomic E-state index is 11.7. The van der Waals surface area contributed by atoms with Crippen LogP contribution in [-0.4, -0.2) is 18.4 Å². The molecule has 0 saturated carbocycles. The van der Waals surface area contributed by atoms with E-state index in [4.69, 9.17) is 9.15 Å². The Morgan fingerprint density at radius 2 is 1.92 bits per heavy atom. The van der Waals surface area contributed by atoms with Crippen molar-refractivity contribution in [3.05, 3.63) is 59.1 Å². The third-order valence-electron chi connectivity index (χ3n) is 3.19. The van der Waals surface area contributed by atoms with Crippen molar-refractivity contribution in [3.8, 4) is 5.75 Å². The van der Waals surface area contributed by atoms with Gasteiger partial charge in [0.1, 0.15) is 17.3 Å². The fraction of sp³-hybridized carbons (Fsp3) is 0.222. The topological polar surface area (TPSA) is 80.6 Å². The highest BCUT2D eigenvalue weighted by molar-refractivity contribution is 5.92. The van der Waals surface area contributed by atoms with E-state index in [0.717, 1.165) is 16.9 Å². The number of ether oxygens (including phenoxy) is 1. The molecule has 126 valence electrons. The van der Waals surface area contributed by atoms with Crippen molar-refractivity contribution in [2.45, 2.75) is 20.8 Å². The highest BCUT2D eigenvalue weighted by atomic mass is 16.5. The van der Waals surface area contributed by atoms with Crippen molar-refractivity contribution >= 4 is 17.9 Å². The molecule has 0 aliphatic rings. The van der Waals surface area contributed by atoms with Gasteiger partial charge in [0.05, 0.1) is 0 Å². The first-order chi connectivity index (χ1) is 11.4. The molecule has 0 radical (unpaired) electrons. The van der Waals surface area contributed by atoms with Gasteiger partial charge in [0.25, 0.3) is 11.8 Å². The van der Waals surface area contributed by atoms with Gasteiger partial charge in [-0.15, -0.1) is 0 Å². The summed E-state index contributed by atoms with van der Waals surface area (Å²) in [4.78, 5) is 23.3. The second-order valence-corrected chi connectivity index (χ2v) is 5.38. The molecule has 2 aromatic rings. The Hall–Kier alpha value is -3.02. The van der Waals surface area contributed by atoms with Crippen LogP contribution in [-0.2, 0) is 9.59 Å². The molecule has 2 N–H and O–H groups in total. The van der Waals surface area contributed by atoms with Gasteiger partial charge < -0.3 is 9.15 Å². The molecular weight excluding hydrogens is 308 g/mol. The Morgan fingerprint density at radius 3 is 2.62 bits per heavy atom. The first-order valence-corrected chi connectivity index (χ1v) is 7.47. The Morgan fingerprint density at radius 1 is 1.12 bits per heavy atom. The summed E-state index contributed by atoms with van der Waals surface area (Å²) in [6, 6.07) is 9.29. The summed E-state index contributed by atoms with van der Waals surface area (Å²) in [6.45, 7) is 5.47. The van der Waals surface area contributed by atoms with E-state index in [0.29, 0.717) is 11.5 Å². The van der Waals surface area contributed by atoms with Crippen molar-refractivity contribution in [1.29, 1.82) is 0 Å². The van der Waals surface area contributed by atoms with Gasteiger partial charge in [-0.25, -0.2) is 0 Å². The number of hydrogen-bond donors (Lipinski definition) is 2. The molecule has 0 aliphatic carbocycles. The predicted octanol–water partition coefficient (Wildman–Crippen LogP) is 2.44. The number of hydrogen-bond acceptors (Lipinski definition) is 4. The van der Waals surface area contributed by atoms with Gasteiger partial charge in [0.2, 0.25) is 0 Å². The summed E-state index contributed by atoms with van der Waals surface area (Å²) in [5.74, 6) is 1.04. The van der Waals surface area contributed by atoms with Crippen LogP contribution in [0.2, 0.25) is 0 Å². The van der Waals surface area contributed by atoms with Crippen molar-refractivity contribution < 1.29 is 18.7 Å². The fourth-order valence-electron chi connectivity index (χ4n) is 1.92. The highest BCUT2D eigenvalue weighted by Crippen LogP contribution is 2.18. The third kappa shape index (κ3) is 5.31. The number of benzene rings is 1. The highest BCUT2D eigenvalue weighted by Gasteiger charge is 2.06. The van der Waals surface area contributed by atoms with Gasteiger partial charge in [0, 0.05) is 6.08 Å². The van der Waals surface area contributed by atoms with Crippen LogP contribution in [0.3, 0.4) is 0 Å². The van der Waals surface area contributed by atoms with E-state index in [2.05, 4.69) is 10.9 Å². The lowest BCUT2D eigenvalue weighted by Gasteiger charge is -2.10. The number of aryl methyl sites for hydroxylation is 3. The molecule has 0 fully saturated rings. The number of carbonyl (C=O) groups excluding carboxylic acids is 2. The van der Waals surface area contributed by atoms with Gasteiger partial charge in [-0.1, -0.05) is 12.1 Å². The molecule has 24 heavy (non-hydrogen) atoms. The molecule has 0 bridgehead atoms. The first-order valence-electron chi connectivity index (χ1n) is 7.47. The van der Waals surface area contributed by atoms with Crippen LogP contribution in [0.25, 0.3) is 6.08 Å². The molecule has 0 unspecified atom stereocenters. The minimum absolute atomic E-state index is 0.189. The number of carbonyl (C=O) groups is 2. The van der Waals surface area contributed by atoms with E-state index in [1.54, 1.807) is 12.1 Å². The van der Waals surface area contributed by atoms with Crippen molar-refractivity contribution in [1.82, 2.24) is 10.9 Å². The molecular formula is C18H20N2O4. The molecule has 1 aromatic carbocycles. The summed E-state index contributed by atoms with van der Waals surface area (Å²) < 4.78 is 10.7. The van der Waals surface area contributed by atoms with Gasteiger partial charge in [-0.3, -0.25) is 20.4 Å². The monoisotopic (exact) mass is 328 g/mol. The van der Waals surface area contributed by atoms with Crippen LogP contribution >= 0.6 is 0 Å². The molecule has 2 rings (SSSR count). The molecule has 6 nitrogen and oxygen atoms in total. The average molecular weight is 328 g/mol. The van der Waals surface area contributed by atoms with Crippen LogP contribution in [0, 0.1) is 20.8 Å². The molecule has 2 amide bonds. The number of amides is 2. The zero-order chi connectivity index (χ0) is 17.5. The van der Waals surface area contributed by atoms with Crippen LogP contribution < -0.4 is 15.6 Å².